The molecule has 40 heavy (non-hydrogen) atoms. The van der Waals surface area contributed by atoms with Gasteiger partial charge in [-0.25, -0.2) is 8.42 Å². The summed E-state index contributed by atoms with van der Waals surface area (Å²) in [5.41, 5.74) is 0.580. The van der Waals surface area contributed by atoms with E-state index in [9.17, 15) is 23.3 Å². The Bertz CT molecular complexity index is 1960. The second kappa shape index (κ2) is 9.85. The lowest BCUT2D eigenvalue weighted by molar-refractivity contribution is -0.384. The van der Waals surface area contributed by atoms with E-state index in [0.29, 0.717) is 35.2 Å². The molecular formula is C29H25N5O5S. The molecule has 0 atom stereocenters. The summed E-state index contributed by atoms with van der Waals surface area (Å²) in [6, 6.07) is 24.3. The number of hydrogen-bond acceptors (Lipinski definition) is 7. The molecule has 1 saturated heterocycles. The maximum Gasteiger partial charge on any atom is 0.295 e. The van der Waals surface area contributed by atoms with Crippen LogP contribution in [-0.4, -0.2) is 53.6 Å². The number of aryl methyl sites for hydroxylation is 1. The van der Waals surface area contributed by atoms with Crippen molar-refractivity contribution >= 4 is 42.9 Å². The topological polar surface area (TPSA) is 119 Å². The van der Waals surface area contributed by atoms with E-state index in [0.717, 1.165) is 15.5 Å². The van der Waals surface area contributed by atoms with E-state index in [1.165, 1.54) is 10.4 Å². The van der Waals surface area contributed by atoms with E-state index < -0.39 is 20.5 Å². The predicted molar refractivity (Wildman–Crippen MR) is 154 cm³/mol. The van der Waals surface area contributed by atoms with Crippen LogP contribution in [-0.2, 0) is 10.0 Å². The van der Waals surface area contributed by atoms with Crippen LogP contribution in [0.1, 0.15) is 5.69 Å². The third-order valence-electron chi connectivity index (χ3n) is 7.34. The predicted octanol–water partition coefficient (Wildman–Crippen LogP) is 4.27. The third-order valence-corrected chi connectivity index (χ3v) is 9.23. The zero-order valence-corrected chi connectivity index (χ0v) is 22.4. The van der Waals surface area contributed by atoms with Crippen molar-refractivity contribution in [2.45, 2.75) is 11.8 Å². The first-order chi connectivity index (χ1) is 19.2. The van der Waals surface area contributed by atoms with Crippen LogP contribution in [0.15, 0.2) is 94.6 Å². The van der Waals surface area contributed by atoms with Crippen molar-refractivity contribution in [1.29, 1.82) is 0 Å². The van der Waals surface area contributed by atoms with Gasteiger partial charge in [-0.05, 0) is 48.0 Å². The summed E-state index contributed by atoms with van der Waals surface area (Å²) in [7, 11) is -3.70. The van der Waals surface area contributed by atoms with Gasteiger partial charge in [0.25, 0.3) is 11.2 Å². The van der Waals surface area contributed by atoms with E-state index >= 15 is 0 Å². The molecule has 4 aromatic carbocycles. The second-order valence-corrected chi connectivity index (χ2v) is 11.6. The average molecular weight is 556 g/mol. The summed E-state index contributed by atoms with van der Waals surface area (Å²) in [5, 5.41) is 19.2. The van der Waals surface area contributed by atoms with Gasteiger partial charge in [-0.1, -0.05) is 48.5 Å². The Balaban J connectivity index is 1.30. The Hall–Kier alpha value is -4.61. The summed E-state index contributed by atoms with van der Waals surface area (Å²) in [6.45, 7) is 3.00. The second-order valence-electron chi connectivity index (χ2n) is 9.68. The Morgan fingerprint density at radius 1 is 0.825 bits per heavy atom. The Kier molecular flexibility index (Phi) is 6.32. The Morgan fingerprint density at radius 3 is 2.23 bits per heavy atom. The lowest BCUT2D eigenvalue weighted by Crippen LogP contribution is -2.48. The largest absolute Gasteiger partial charge is 0.369 e. The number of fused-ring (bicyclic) bond motifs is 2. The summed E-state index contributed by atoms with van der Waals surface area (Å²) < 4.78 is 29.3. The molecule has 0 radical (unpaired) electrons. The van der Waals surface area contributed by atoms with Gasteiger partial charge in [-0.2, -0.15) is 14.1 Å². The van der Waals surface area contributed by atoms with Crippen LogP contribution < -0.4 is 10.5 Å². The number of nitro groups is 1. The first-order valence-corrected chi connectivity index (χ1v) is 14.2. The highest BCUT2D eigenvalue weighted by molar-refractivity contribution is 7.89. The van der Waals surface area contributed by atoms with Crippen molar-refractivity contribution in [3.8, 4) is 5.69 Å². The summed E-state index contributed by atoms with van der Waals surface area (Å²) in [5.74, 6) is 0. The maximum absolute atomic E-state index is 13.4. The van der Waals surface area contributed by atoms with Crippen molar-refractivity contribution < 1.29 is 13.3 Å². The molecule has 6 rings (SSSR count). The molecule has 0 aliphatic carbocycles. The summed E-state index contributed by atoms with van der Waals surface area (Å²) in [6.07, 6.45) is 0. The molecule has 1 aliphatic heterocycles. The van der Waals surface area contributed by atoms with E-state index in [-0.39, 0.29) is 29.4 Å². The normalized spacial score (nSPS) is 14.6. The van der Waals surface area contributed by atoms with Gasteiger partial charge in [-0.15, -0.1) is 0 Å². The minimum absolute atomic E-state index is 0.0626. The number of rotatable bonds is 5. The van der Waals surface area contributed by atoms with Gasteiger partial charge in [0.05, 0.1) is 20.9 Å². The standard InChI is InChI=1S/C29H25N5O5S/c1-20-25-8-4-5-9-26(25)29(35)33(30-20)28-19-23(11-13-27(28)34(36)37)31-14-16-32(17-15-31)40(38,39)24-12-10-21-6-2-3-7-22(21)18-24/h2-13,18-19H,14-17H2,1H3. The van der Waals surface area contributed by atoms with E-state index in [1.807, 2.05) is 35.2 Å². The van der Waals surface area contributed by atoms with Gasteiger partial charge in [-0.3, -0.25) is 14.9 Å². The highest BCUT2D eigenvalue weighted by Crippen LogP contribution is 2.30. The molecule has 0 spiro atoms. The summed E-state index contributed by atoms with van der Waals surface area (Å²) >= 11 is 0. The fourth-order valence-corrected chi connectivity index (χ4v) is 6.67. The molecule has 0 bridgehead atoms. The van der Waals surface area contributed by atoms with Crippen LogP contribution in [0.2, 0.25) is 0 Å². The molecule has 1 aromatic heterocycles. The smallest absolute Gasteiger partial charge is 0.295 e. The number of nitro benzene ring substituents is 1. The Labute approximate surface area is 229 Å². The van der Waals surface area contributed by atoms with Gasteiger partial charge in [0.15, 0.2) is 0 Å². The number of benzene rings is 4. The van der Waals surface area contributed by atoms with Crippen molar-refractivity contribution in [3.05, 3.63) is 111 Å². The minimum Gasteiger partial charge on any atom is -0.369 e. The van der Waals surface area contributed by atoms with Gasteiger partial charge in [0, 0.05) is 43.3 Å². The number of nitrogens with zero attached hydrogens (tertiary/aromatic N) is 5. The Morgan fingerprint density at radius 2 is 1.50 bits per heavy atom. The molecular weight excluding hydrogens is 530 g/mol. The molecule has 2 heterocycles. The van der Waals surface area contributed by atoms with E-state index in [4.69, 9.17) is 0 Å². The molecule has 11 heteroatoms. The van der Waals surface area contributed by atoms with Crippen LogP contribution >= 0.6 is 0 Å². The van der Waals surface area contributed by atoms with Crippen LogP contribution in [0.25, 0.3) is 27.2 Å². The number of sulfonamides is 1. The van der Waals surface area contributed by atoms with Crippen molar-refractivity contribution in [2.75, 3.05) is 31.1 Å². The minimum atomic E-state index is -3.70. The van der Waals surface area contributed by atoms with Gasteiger partial charge < -0.3 is 4.90 Å². The average Bonchev–Trinajstić information content (AvgIpc) is 2.98. The van der Waals surface area contributed by atoms with Crippen molar-refractivity contribution in [1.82, 2.24) is 14.1 Å². The highest BCUT2D eigenvalue weighted by Gasteiger charge is 2.30. The van der Waals surface area contributed by atoms with Crippen LogP contribution in [0.4, 0.5) is 11.4 Å². The molecule has 0 N–H and O–H groups in total. The van der Waals surface area contributed by atoms with Crippen LogP contribution in [0, 0.1) is 17.0 Å². The molecule has 0 unspecified atom stereocenters. The lowest BCUT2D eigenvalue weighted by Gasteiger charge is -2.35. The quantitative estimate of drug-likeness (QED) is 0.235. The summed E-state index contributed by atoms with van der Waals surface area (Å²) in [4.78, 5) is 26.9. The van der Waals surface area contributed by atoms with Crippen LogP contribution in [0.3, 0.4) is 0 Å². The number of aromatic nitrogens is 2. The first kappa shape index (κ1) is 25.7. The lowest BCUT2D eigenvalue weighted by atomic mass is 10.1. The first-order valence-electron chi connectivity index (χ1n) is 12.8. The van der Waals surface area contributed by atoms with E-state index in [2.05, 4.69) is 5.10 Å². The SMILES string of the molecule is Cc1nn(-c2cc(N3CCN(S(=O)(=O)c4ccc5ccccc5c4)CC3)ccc2[N+](=O)[O-])c(=O)c2ccccc12. The van der Waals surface area contributed by atoms with Gasteiger partial charge >= 0.3 is 0 Å². The fraction of sp³-hybridized carbons (Fsp3) is 0.172. The molecule has 202 valence electrons. The zero-order chi connectivity index (χ0) is 28.0. The van der Waals surface area contributed by atoms with Gasteiger partial charge in [0.2, 0.25) is 10.0 Å². The third kappa shape index (κ3) is 4.38. The molecule has 10 nitrogen and oxygen atoms in total. The number of piperazine rings is 1. The molecule has 0 amide bonds. The number of anilines is 1. The number of hydrogen-bond donors (Lipinski definition) is 0. The maximum atomic E-state index is 13.4. The van der Waals surface area contributed by atoms with Gasteiger partial charge in [0.1, 0.15) is 5.69 Å². The zero-order valence-electron chi connectivity index (χ0n) is 21.6. The van der Waals surface area contributed by atoms with Crippen molar-refractivity contribution in [2.24, 2.45) is 0 Å². The fourth-order valence-electron chi connectivity index (χ4n) is 5.21. The molecule has 5 aromatic rings. The van der Waals surface area contributed by atoms with Crippen molar-refractivity contribution in [3.63, 3.8) is 0 Å². The van der Waals surface area contributed by atoms with E-state index in [1.54, 1.807) is 55.5 Å². The molecule has 0 saturated carbocycles. The highest BCUT2D eigenvalue weighted by atomic mass is 32.2. The molecule has 1 fully saturated rings. The molecule has 1 aliphatic rings. The monoisotopic (exact) mass is 555 g/mol. The van der Waals surface area contributed by atoms with Crippen LogP contribution in [0.5, 0.6) is 0 Å².